The molecule has 4 rings (SSSR count). The Bertz CT molecular complexity index is 1030. The number of hydrogen-bond acceptors (Lipinski definition) is 3. The number of unbranched alkanes of at least 4 members (excludes halogenated alkanes) is 1. The molecule has 0 bridgehead atoms. The van der Waals surface area contributed by atoms with Gasteiger partial charge in [0, 0.05) is 28.6 Å². The van der Waals surface area contributed by atoms with E-state index in [1.807, 2.05) is 12.3 Å². The number of hydrogen-bond donors (Lipinski definition) is 2. The second-order valence-electron chi connectivity index (χ2n) is 6.52. The molecular formula is C22H23N3O. The molecule has 3 N–H and O–H groups in total. The number of nitrogens with one attached hydrogen (secondary N) is 1. The minimum atomic E-state index is 0.625. The van der Waals surface area contributed by atoms with Crippen LogP contribution in [0.1, 0.15) is 18.4 Å². The molecule has 0 amide bonds. The van der Waals surface area contributed by atoms with Gasteiger partial charge < -0.3 is 15.5 Å². The summed E-state index contributed by atoms with van der Waals surface area (Å²) in [6.07, 6.45) is 4.97. The molecule has 26 heavy (non-hydrogen) atoms. The Morgan fingerprint density at radius 3 is 2.65 bits per heavy atom. The van der Waals surface area contributed by atoms with Crippen LogP contribution in [0.5, 0.6) is 5.88 Å². The smallest absolute Gasteiger partial charge is 0.212 e. The van der Waals surface area contributed by atoms with Crippen molar-refractivity contribution < 1.29 is 4.74 Å². The van der Waals surface area contributed by atoms with Crippen LogP contribution in [0, 0.1) is 0 Å². The summed E-state index contributed by atoms with van der Waals surface area (Å²) in [7, 11) is 1.63. The molecule has 0 radical (unpaired) electrons. The molecule has 4 heteroatoms. The van der Waals surface area contributed by atoms with Crippen LogP contribution in [0.2, 0.25) is 0 Å². The summed E-state index contributed by atoms with van der Waals surface area (Å²) in [6, 6.07) is 16.9. The van der Waals surface area contributed by atoms with Crippen molar-refractivity contribution in [2.45, 2.75) is 19.3 Å². The summed E-state index contributed by atoms with van der Waals surface area (Å²) in [5.74, 6) is 0.625. The van der Waals surface area contributed by atoms with Gasteiger partial charge in [0.25, 0.3) is 0 Å². The van der Waals surface area contributed by atoms with Crippen LogP contribution in [0.3, 0.4) is 0 Å². The maximum absolute atomic E-state index is 5.70. The Labute approximate surface area is 153 Å². The van der Waals surface area contributed by atoms with Gasteiger partial charge in [0.05, 0.1) is 18.3 Å². The fraction of sp³-hybridized carbons (Fsp3) is 0.227. The third kappa shape index (κ3) is 2.93. The van der Waals surface area contributed by atoms with Gasteiger partial charge in [-0.3, -0.25) is 0 Å². The highest BCUT2D eigenvalue weighted by Crippen LogP contribution is 2.35. The van der Waals surface area contributed by atoms with E-state index in [-0.39, 0.29) is 0 Å². The van der Waals surface area contributed by atoms with Gasteiger partial charge in [0.2, 0.25) is 5.88 Å². The van der Waals surface area contributed by atoms with Crippen molar-refractivity contribution in [3.63, 3.8) is 0 Å². The number of pyridine rings is 1. The minimum Gasteiger partial charge on any atom is -0.481 e. The first-order valence-corrected chi connectivity index (χ1v) is 9.04. The van der Waals surface area contributed by atoms with Gasteiger partial charge in [-0.15, -0.1) is 0 Å². The number of aromatic amines is 1. The number of fused-ring (bicyclic) bond motifs is 3. The third-order valence-corrected chi connectivity index (χ3v) is 4.92. The van der Waals surface area contributed by atoms with Crippen molar-refractivity contribution in [1.29, 1.82) is 0 Å². The van der Waals surface area contributed by atoms with E-state index in [9.17, 15) is 0 Å². The molecule has 0 atom stereocenters. The summed E-state index contributed by atoms with van der Waals surface area (Å²) in [5.41, 5.74) is 10.5. The first-order valence-electron chi connectivity index (χ1n) is 9.04. The van der Waals surface area contributed by atoms with Gasteiger partial charge >= 0.3 is 0 Å². The summed E-state index contributed by atoms with van der Waals surface area (Å²) in [6.45, 7) is 0.727. The zero-order chi connectivity index (χ0) is 17.9. The largest absolute Gasteiger partial charge is 0.481 e. The van der Waals surface area contributed by atoms with Crippen LogP contribution in [-0.2, 0) is 6.42 Å². The number of benzene rings is 2. The van der Waals surface area contributed by atoms with Crippen LogP contribution in [0.4, 0.5) is 0 Å². The topological polar surface area (TPSA) is 63.9 Å². The lowest BCUT2D eigenvalue weighted by Crippen LogP contribution is -1.99. The molecule has 0 spiro atoms. The highest BCUT2D eigenvalue weighted by atomic mass is 16.5. The maximum Gasteiger partial charge on any atom is 0.212 e. The molecular weight excluding hydrogens is 322 g/mol. The van der Waals surface area contributed by atoms with E-state index >= 15 is 0 Å². The summed E-state index contributed by atoms with van der Waals surface area (Å²) in [4.78, 5) is 8.06. The molecule has 0 unspecified atom stereocenters. The third-order valence-electron chi connectivity index (χ3n) is 4.92. The molecule has 2 aromatic heterocycles. The Morgan fingerprint density at radius 1 is 1.00 bits per heavy atom. The van der Waals surface area contributed by atoms with E-state index < -0.39 is 0 Å². The zero-order valence-corrected chi connectivity index (χ0v) is 15.0. The lowest BCUT2D eigenvalue weighted by Gasteiger charge is -2.06. The molecule has 0 saturated carbocycles. The molecule has 0 aliphatic rings. The Hall–Kier alpha value is -2.85. The van der Waals surface area contributed by atoms with Crippen molar-refractivity contribution in [2.24, 2.45) is 5.73 Å². The average Bonchev–Trinajstić information content (AvgIpc) is 3.07. The number of rotatable bonds is 6. The Balaban J connectivity index is 1.90. The summed E-state index contributed by atoms with van der Waals surface area (Å²) < 4.78 is 5.20. The van der Waals surface area contributed by atoms with E-state index in [4.69, 9.17) is 10.5 Å². The van der Waals surface area contributed by atoms with E-state index in [1.54, 1.807) is 7.11 Å². The number of aryl methyl sites for hydroxylation is 1. The fourth-order valence-electron chi connectivity index (χ4n) is 3.59. The number of ether oxygens (including phenoxy) is 1. The van der Waals surface area contributed by atoms with Crippen molar-refractivity contribution in [1.82, 2.24) is 9.97 Å². The molecule has 0 saturated heterocycles. The molecule has 0 aliphatic heterocycles. The monoisotopic (exact) mass is 345 g/mol. The van der Waals surface area contributed by atoms with E-state index in [1.165, 1.54) is 27.2 Å². The lowest BCUT2D eigenvalue weighted by molar-refractivity contribution is 0.398. The number of methoxy groups -OCH3 is 1. The second-order valence-corrected chi connectivity index (χ2v) is 6.52. The van der Waals surface area contributed by atoms with E-state index in [0.29, 0.717) is 5.88 Å². The van der Waals surface area contributed by atoms with Crippen LogP contribution >= 0.6 is 0 Å². The lowest BCUT2D eigenvalue weighted by atomic mass is 9.99. The highest BCUT2D eigenvalue weighted by Gasteiger charge is 2.15. The normalized spacial score (nSPS) is 11.3. The van der Waals surface area contributed by atoms with Gasteiger partial charge in [0.1, 0.15) is 0 Å². The molecule has 0 fully saturated rings. The fourth-order valence-corrected chi connectivity index (χ4v) is 3.59. The maximum atomic E-state index is 5.70. The van der Waals surface area contributed by atoms with Crippen LogP contribution < -0.4 is 10.5 Å². The minimum absolute atomic E-state index is 0.625. The number of nitrogens with two attached hydrogens (primary N) is 1. The van der Waals surface area contributed by atoms with E-state index in [2.05, 4.69) is 52.4 Å². The number of nitrogens with zero attached hydrogens (tertiary/aromatic N) is 1. The molecule has 4 nitrogen and oxygen atoms in total. The number of H-pyrrole nitrogens is 1. The predicted octanol–water partition coefficient (Wildman–Crippen LogP) is 4.67. The predicted molar refractivity (Wildman–Crippen MR) is 108 cm³/mol. The van der Waals surface area contributed by atoms with Crippen molar-refractivity contribution in [3.8, 4) is 17.1 Å². The van der Waals surface area contributed by atoms with Gasteiger partial charge in [-0.25, -0.2) is 4.98 Å². The average molecular weight is 345 g/mol. The van der Waals surface area contributed by atoms with Crippen LogP contribution in [-0.4, -0.2) is 23.6 Å². The summed E-state index contributed by atoms with van der Waals surface area (Å²) in [5, 5.41) is 3.78. The summed E-state index contributed by atoms with van der Waals surface area (Å²) >= 11 is 0. The second kappa shape index (κ2) is 7.18. The zero-order valence-electron chi connectivity index (χ0n) is 15.0. The quantitative estimate of drug-likeness (QED) is 0.499. The van der Waals surface area contributed by atoms with Gasteiger partial charge in [-0.05, 0) is 42.8 Å². The molecule has 4 aromatic rings. The molecule has 132 valence electrons. The van der Waals surface area contributed by atoms with Crippen LogP contribution in [0.25, 0.3) is 32.9 Å². The van der Waals surface area contributed by atoms with E-state index in [0.717, 1.165) is 37.1 Å². The highest BCUT2D eigenvalue weighted by molar-refractivity contribution is 6.08. The molecule has 2 aromatic carbocycles. The van der Waals surface area contributed by atoms with Crippen molar-refractivity contribution in [2.75, 3.05) is 13.7 Å². The SMILES string of the molecule is COc1ccc(-c2[nH]c3c(ccc4ccccc43)c2CCCCN)cn1. The first kappa shape index (κ1) is 16.6. The van der Waals surface area contributed by atoms with Gasteiger partial charge in [-0.2, -0.15) is 0 Å². The Kier molecular flexibility index (Phi) is 4.59. The molecule has 0 aliphatic carbocycles. The standard InChI is InChI=1S/C22H23N3O/c1-26-20-12-10-16(14-24-20)21-18(8-4-5-13-23)19-11-9-15-6-2-3-7-17(15)22(19)25-21/h2-3,6-7,9-12,14,25H,4-5,8,13,23H2,1H3. The van der Waals surface area contributed by atoms with Gasteiger partial charge in [-0.1, -0.05) is 36.4 Å². The van der Waals surface area contributed by atoms with Gasteiger partial charge in [0.15, 0.2) is 0 Å². The van der Waals surface area contributed by atoms with Crippen molar-refractivity contribution >= 4 is 21.7 Å². The van der Waals surface area contributed by atoms with Crippen LogP contribution in [0.15, 0.2) is 54.7 Å². The Morgan fingerprint density at radius 2 is 1.88 bits per heavy atom. The van der Waals surface area contributed by atoms with Crippen molar-refractivity contribution in [3.05, 3.63) is 60.3 Å². The number of aromatic nitrogens is 2. The molecule has 2 heterocycles. The first-order chi connectivity index (χ1) is 12.8.